The van der Waals surface area contributed by atoms with Crippen LogP contribution in [0.1, 0.15) is 30.5 Å². The van der Waals surface area contributed by atoms with E-state index in [9.17, 15) is 27.5 Å². The molecular weight excluding hydrogens is 2670 g/mol. The van der Waals surface area contributed by atoms with E-state index in [1.54, 1.807) is 61.4 Å². The predicted octanol–water partition coefficient (Wildman–Crippen LogP) is 25.9. The third-order valence-electron chi connectivity index (χ3n) is 17.4. The van der Waals surface area contributed by atoms with Crippen molar-refractivity contribution in [1.82, 2.24) is 29.9 Å². The Morgan fingerprint density at radius 2 is 0.795 bits per heavy atom. The quantitative estimate of drug-likeness (QED) is 0.0493. The van der Waals surface area contributed by atoms with E-state index < -0.39 is 11.6 Å². The summed E-state index contributed by atoms with van der Waals surface area (Å²) in [5.74, 6) is -1.61. The number of allylic oxidation sites excluding steroid dienone is 2. The van der Waals surface area contributed by atoms with Crippen LogP contribution in [-0.2, 0) is 126 Å². The Balaban J connectivity index is 0.000000308. The van der Waals surface area contributed by atoms with Gasteiger partial charge in [0.1, 0.15) is 5.75 Å². The Morgan fingerprint density at radius 3 is 1.28 bits per heavy atom. The topological polar surface area (TPSA) is 141 Å². The van der Waals surface area contributed by atoms with Gasteiger partial charge in [-0.2, -0.15) is 42.0 Å². The maximum Gasteiger partial charge on any atom is 2.00 e. The number of aromatic hydroxyl groups is 1. The number of aromatic nitrogens is 6. The van der Waals surface area contributed by atoms with E-state index in [-0.39, 0.29) is 150 Å². The number of anilines is 4. The minimum Gasteiger partial charge on any atom is -0.512 e. The summed E-state index contributed by atoms with van der Waals surface area (Å²) < 4.78 is 52.0. The van der Waals surface area contributed by atoms with Crippen molar-refractivity contribution in [2.45, 2.75) is 34.6 Å². The van der Waals surface area contributed by atoms with Crippen LogP contribution in [0.5, 0.6) is 5.75 Å². The molecular formula is C106H85F4Ir5N8O3Pt-5. The molecule has 5 radical (unpaired) electrons. The number of phenolic OH excluding ortho intramolecular Hbond substituents is 1. The first-order valence-electron chi connectivity index (χ1n) is 38.4. The van der Waals surface area contributed by atoms with E-state index in [4.69, 9.17) is 5.11 Å². The van der Waals surface area contributed by atoms with Gasteiger partial charge < -0.3 is 44.9 Å². The van der Waals surface area contributed by atoms with E-state index in [1.165, 1.54) is 55.3 Å². The first kappa shape index (κ1) is 108. The second-order valence-electron chi connectivity index (χ2n) is 27.0. The molecule has 0 atom stereocenters. The zero-order valence-electron chi connectivity index (χ0n) is 69.7. The van der Waals surface area contributed by atoms with Gasteiger partial charge in [-0.05, 0) is 122 Å². The van der Waals surface area contributed by atoms with E-state index in [2.05, 4.69) is 128 Å². The van der Waals surface area contributed by atoms with Crippen LogP contribution in [0.4, 0.5) is 40.3 Å². The molecule has 0 aliphatic carbocycles. The molecule has 0 saturated carbocycles. The molecule has 11 nitrogen and oxygen atoms in total. The second-order valence-corrected chi connectivity index (χ2v) is 27.0. The van der Waals surface area contributed by atoms with Crippen molar-refractivity contribution in [2.75, 3.05) is 23.9 Å². The Bertz CT molecular complexity index is 5950. The van der Waals surface area contributed by atoms with Crippen LogP contribution in [-0.4, -0.2) is 60.0 Å². The van der Waals surface area contributed by atoms with Crippen LogP contribution in [0, 0.1) is 86.5 Å². The zero-order chi connectivity index (χ0) is 85.5. The molecule has 0 spiro atoms. The number of para-hydroxylation sites is 3. The predicted molar refractivity (Wildman–Crippen MR) is 479 cm³/mol. The van der Waals surface area contributed by atoms with Crippen molar-refractivity contribution >= 4 is 28.5 Å². The first-order valence-corrected chi connectivity index (χ1v) is 38.4. The molecule has 2 N–H and O–H groups in total. The molecule has 127 heavy (non-hydrogen) atoms. The number of carbonyl (C=O) groups excluding carboxylic acids is 1. The average molecular weight is 2750 g/mol. The van der Waals surface area contributed by atoms with E-state index in [0.29, 0.717) is 11.4 Å². The number of hydrogen-bond donors (Lipinski definition) is 2. The van der Waals surface area contributed by atoms with Gasteiger partial charge in [0.2, 0.25) is 0 Å². The van der Waals surface area contributed by atoms with Crippen molar-refractivity contribution in [2.24, 2.45) is 0 Å². The van der Waals surface area contributed by atoms with Crippen LogP contribution in [0.3, 0.4) is 0 Å². The van der Waals surface area contributed by atoms with Crippen molar-refractivity contribution in [1.29, 1.82) is 0 Å². The summed E-state index contributed by atoms with van der Waals surface area (Å²) in [7, 11) is 3.93. The third kappa shape index (κ3) is 36.1. The van der Waals surface area contributed by atoms with Crippen molar-refractivity contribution in [3.8, 4) is 95.5 Å². The van der Waals surface area contributed by atoms with E-state index >= 15 is 0 Å². The molecule has 6 aromatic heterocycles. The number of ketones is 1. The molecule has 0 fully saturated rings. The molecule has 0 saturated heterocycles. The van der Waals surface area contributed by atoms with Gasteiger partial charge in [0, 0.05) is 215 Å². The Labute approximate surface area is 823 Å². The summed E-state index contributed by atoms with van der Waals surface area (Å²) in [4.78, 5) is 39.7. The normalized spacial score (nSPS) is 9.77. The number of aliphatic hydroxyl groups excluding tert-OH is 1. The van der Waals surface area contributed by atoms with E-state index in [1.807, 2.05) is 263 Å². The Morgan fingerprint density at radius 1 is 0.346 bits per heavy atom. The molecule has 21 heteroatoms. The number of pyridine rings is 6. The van der Waals surface area contributed by atoms with Crippen LogP contribution in [0.2, 0.25) is 0 Å². The molecule has 11 aromatic carbocycles. The minimum absolute atomic E-state index is 0. The number of nitrogens with zero attached hydrogens (tertiary/aromatic N) is 8. The summed E-state index contributed by atoms with van der Waals surface area (Å²) >= 11 is 0. The van der Waals surface area contributed by atoms with Crippen molar-refractivity contribution < 1.29 is 154 Å². The maximum atomic E-state index is 13.4. The number of carbonyl (C=O) groups is 1. The third-order valence-corrected chi connectivity index (χ3v) is 17.4. The molecule has 0 aliphatic heterocycles. The molecule has 17 aromatic rings. The monoisotopic (exact) mass is 2750 g/mol. The molecule has 6 heterocycles. The van der Waals surface area contributed by atoms with Crippen LogP contribution >= 0.6 is 0 Å². The standard InChI is InChI=1S/C23H16FN2.C17H11N.C13H12FN2.C12H8F2N.2C12H10N.C12H10O.C5H8O2.5Ir.Pt/c24-19-13-11-18(12-14-19)23-17-22(15-16-25-23)26(20-7-3-1-4-8-20)21-9-5-2-6-10-21;1-2-7-14(8-3-1)15-9-6-10-16(13-15)17-11-4-5-12-18-17;1-16(2)12-7-8-15-13(9-12)10-3-5-11(14)6-4-10;1-8-4-5-15-12(6-8)10-3-2-9(13)7-11(10)14;1-10-5-4-6-11(9-10)12-7-2-3-8-13-12;1-10-5-7-11(8-6-10)12-4-2-3-9-13-12;13-12-9-5-4-8-11(12)10-6-2-1-3-7-10;1-4(6)3-5(2)7;;;;;;/h1-11,13-17H;1-7,9-12H;3,5-9H,1-2H3;2,4-7H,1H3;2-5,7-9H,1H3;2-7,9H,1H3;1-9,13H;3,6H,1-2H3;;;;;;/q-1;-2;4*-1;;;;;;;;+2. The largest absolute Gasteiger partial charge is 2.00 e. The fraction of sp³-hybridized carbons (Fsp3) is 0.0660. The Kier molecular flexibility index (Phi) is 49.3. The maximum absolute atomic E-state index is 13.4. The van der Waals surface area contributed by atoms with Gasteiger partial charge in [0.25, 0.3) is 0 Å². The van der Waals surface area contributed by atoms with Crippen LogP contribution in [0.15, 0.2) is 383 Å². The first-order chi connectivity index (χ1) is 58.8. The van der Waals surface area contributed by atoms with Gasteiger partial charge in [0.15, 0.2) is 5.78 Å². The second kappa shape index (κ2) is 58.0. The van der Waals surface area contributed by atoms with Gasteiger partial charge >= 0.3 is 21.1 Å². The Hall–Kier alpha value is -11.4. The molecule has 17 rings (SSSR count). The summed E-state index contributed by atoms with van der Waals surface area (Å²) in [6.45, 7) is 8.85. The molecule has 0 amide bonds. The fourth-order valence-electron chi connectivity index (χ4n) is 11.5. The minimum atomic E-state index is -0.645. The smallest absolute Gasteiger partial charge is 0.512 e. The van der Waals surface area contributed by atoms with Gasteiger partial charge in [-0.3, -0.25) is 27.3 Å². The average Bonchev–Trinajstić information content (AvgIpc) is 0.795. The van der Waals surface area contributed by atoms with Gasteiger partial charge in [0.05, 0.1) is 5.76 Å². The van der Waals surface area contributed by atoms with Gasteiger partial charge in [-0.25, -0.2) is 5.56 Å². The number of aliphatic hydroxyl groups is 1. The van der Waals surface area contributed by atoms with Crippen LogP contribution in [0.25, 0.3) is 89.8 Å². The zero-order valence-corrected chi connectivity index (χ0v) is 83.9. The molecule has 0 aliphatic rings. The molecule has 0 unspecified atom stereocenters. The number of phenols is 1. The number of benzene rings is 11. The summed E-state index contributed by atoms with van der Waals surface area (Å²) in [6.07, 6.45) is 11.6. The number of halogens is 4. The number of rotatable bonds is 13. The fourth-order valence-corrected chi connectivity index (χ4v) is 11.5. The van der Waals surface area contributed by atoms with Crippen molar-refractivity contribution in [3.63, 3.8) is 0 Å². The summed E-state index contributed by atoms with van der Waals surface area (Å²) in [5, 5.41) is 17.9. The SMILES string of the molecule is CC(=O)C=C(C)O.CN(C)c1ccnc(-c2[c-]cc(F)cc2)c1.Cc1c[c-]c(-c2ccccn2)cc1.Cc1cc[c-]c(-c2ccccn2)c1.Cc1ccnc(-c2[c-]cc(F)cc2F)c1.Fc1c[c-]c(-c2cc(N(c3ccccc3)c3ccccc3)ccn2)cc1.Oc1ccccc1-c1ccccc1.[Ir].[Ir].[Ir].[Ir].[Ir].[Pt+2].[c-]1ccccc1-c1[c-]c(-c2ccccn2)ccc1. The van der Waals surface area contributed by atoms with Gasteiger partial charge in [-0.1, -0.05) is 171 Å². The van der Waals surface area contributed by atoms with Crippen molar-refractivity contribution in [3.05, 3.63) is 465 Å². The number of hydrogen-bond acceptors (Lipinski definition) is 11. The summed E-state index contributed by atoms with van der Waals surface area (Å²) in [6, 6.07) is 125. The molecule has 655 valence electrons. The summed E-state index contributed by atoms with van der Waals surface area (Å²) in [5.41, 5.74) is 21.3. The van der Waals surface area contributed by atoms with Gasteiger partial charge in [-0.15, -0.1) is 166 Å². The van der Waals surface area contributed by atoms with Crippen LogP contribution < -0.4 is 9.80 Å². The molecule has 0 bridgehead atoms. The van der Waals surface area contributed by atoms with E-state index in [0.717, 1.165) is 119 Å². The number of aryl methyl sites for hydroxylation is 3.